The lowest BCUT2D eigenvalue weighted by molar-refractivity contribution is -0.213. The number of carbonyl (C=O) groups excluding carboxylic acids is 2. The van der Waals surface area contributed by atoms with Gasteiger partial charge in [-0.3, -0.25) is 27.7 Å². The fourth-order valence-electron chi connectivity index (χ4n) is 7.16. The second-order valence-electron chi connectivity index (χ2n) is 17.0. The molecule has 0 spiro atoms. The molecule has 0 aromatic heterocycles. The Morgan fingerprint density at radius 2 is 0.884 bits per heavy atom. The van der Waals surface area contributed by atoms with Crippen LogP contribution >= 0.6 is 23.5 Å². The molecular weight excluding hydrogens is 961 g/mol. The van der Waals surface area contributed by atoms with E-state index in [1.165, 1.54) is 38.5 Å². The first-order valence-corrected chi connectivity index (χ1v) is 29.1. The Labute approximate surface area is 409 Å². The van der Waals surface area contributed by atoms with E-state index in [-0.39, 0.29) is 12.8 Å². The van der Waals surface area contributed by atoms with Crippen LogP contribution in [0.1, 0.15) is 168 Å². The van der Waals surface area contributed by atoms with Gasteiger partial charge in [0, 0.05) is 12.8 Å². The smallest absolute Gasteiger partial charge is 0.462 e. The SMILES string of the molecule is CCC=CCC=CCC=CCC=CCCCCCCC(=O)O[C@H](COC(=O)CCCCCCCC=CCCCCCCCC)COP(=O)(O)O[C@H]1C(O)C(O)C(OP(=O)(O)O)[C@@H](OP(=O)(O)O)C1O. The third-order valence-corrected chi connectivity index (χ3v) is 12.8. The Bertz CT molecular complexity index is 1670. The number of aliphatic hydroxyl groups is 3. The fourth-order valence-corrected chi connectivity index (χ4v) is 9.25. The first-order valence-electron chi connectivity index (χ1n) is 24.6. The van der Waals surface area contributed by atoms with Crippen LogP contribution in [-0.2, 0) is 50.9 Å². The lowest BCUT2D eigenvalue weighted by Crippen LogP contribution is -2.65. The van der Waals surface area contributed by atoms with E-state index in [2.05, 4.69) is 83.7 Å². The zero-order valence-corrected chi connectivity index (χ0v) is 43.3. The number of allylic oxidation sites excluding steroid dienone is 10. The first-order chi connectivity index (χ1) is 32.8. The predicted molar refractivity (Wildman–Crippen MR) is 261 cm³/mol. The molecule has 1 rings (SSSR count). The van der Waals surface area contributed by atoms with Gasteiger partial charge in [0.25, 0.3) is 0 Å². The van der Waals surface area contributed by atoms with Crippen molar-refractivity contribution in [3.63, 3.8) is 0 Å². The molecule has 0 aromatic rings. The van der Waals surface area contributed by atoms with E-state index in [0.717, 1.165) is 83.5 Å². The van der Waals surface area contributed by atoms with Crippen LogP contribution in [0.4, 0.5) is 0 Å². The second kappa shape index (κ2) is 38.5. The molecule has 69 heavy (non-hydrogen) atoms. The standard InChI is InChI=1S/C47H83O19P3/c1-3-5-7-9-11-13-15-17-19-20-22-24-26-28-30-32-34-36-41(49)63-39(37-61-40(48)35-33-31-29-27-25-23-21-18-16-14-12-10-8-6-4-2)38-62-69(59,60)66-45-42(50)43(51)46(64-67(53,54)55)47(44(45)52)65-68(56,57)58/h5,7,11,13,17-19,21-22,24,39,42-47,50-52H,3-4,6,8-10,12,14-16,20,23,25-38H2,1-2H3,(H,59,60)(H2,53,54,55)(H2,56,57,58)/t39-,42?,43?,44?,45+,46?,47+/m1/s1. The van der Waals surface area contributed by atoms with Gasteiger partial charge in [-0.1, -0.05) is 139 Å². The lowest BCUT2D eigenvalue weighted by atomic mass is 9.85. The van der Waals surface area contributed by atoms with Gasteiger partial charge in [0.1, 0.15) is 43.2 Å². The molecule has 1 aliphatic carbocycles. The zero-order valence-electron chi connectivity index (χ0n) is 40.6. The number of phosphoric ester groups is 3. The molecular formula is C47H83O19P3. The number of hydrogen-bond donors (Lipinski definition) is 8. The minimum absolute atomic E-state index is 0.0340. The molecule has 22 heteroatoms. The van der Waals surface area contributed by atoms with Gasteiger partial charge in [0.15, 0.2) is 6.10 Å². The summed E-state index contributed by atoms with van der Waals surface area (Å²) < 4.78 is 65.5. The second-order valence-corrected chi connectivity index (χ2v) is 20.8. The van der Waals surface area contributed by atoms with Crippen LogP contribution in [0.3, 0.4) is 0 Å². The van der Waals surface area contributed by atoms with Gasteiger partial charge in [-0.05, 0) is 77.0 Å². The van der Waals surface area contributed by atoms with Gasteiger partial charge in [0.05, 0.1) is 6.61 Å². The van der Waals surface area contributed by atoms with Crippen LogP contribution in [0.5, 0.6) is 0 Å². The molecule has 0 aliphatic heterocycles. The number of rotatable bonds is 41. The van der Waals surface area contributed by atoms with Gasteiger partial charge >= 0.3 is 35.4 Å². The summed E-state index contributed by atoms with van der Waals surface area (Å²) in [4.78, 5) is 73.3. The monoisotopic (exact) mass is 1040 g/mol. The van der Waals surface area contributed by atoms with Crippen LogP contribution in [0.2, 0.25) is 0 Å². The molecule has 1 saturated carbocycles. The summed E-state index contributed by atoms with van der Waals surface area (Å²) in [6, 6.07) is 0. The van der Waals surface area contributed by atoms with Crippen molar-refractivity contribution in [2.24, 2.45) is 0 Å². The third-order valence-electron chi connectivity index (χ3n) is 10.8. The largest absolute Gasteiger partial charge is 0.472 e. The van der Waals surface area contributed by atoms with Gasteiger partial charge in [-0.25, -0.2) is 13.7 Å². The Balaban J connectivity index is 2.74. The summed E-state index contributed by atoms with van der Waals surface area (Å²) in [7, 11) is -16.6. The van der Waals surface area contributed by atoms with Gasteiger partial charge in [-0.15, -0.1) is 0 Å². The van der Waals surface area contributed by atoms with Crippen molar-refractivity contribution in [1.82, 2.24) is 0 Å². The Hall–Kier alpha value is -2.15. The molecule has 1 aliphatic rings. The normalized spacial score (nSPS) is 21.8. The number of aliphatic hydroxyl groups excluding tert-OH is 3. The van der Waals surface area contributed by atoms with Crippen LogP contribution in [0.15, 0.2) is 60.8 Å². The average Bonchev–Trinajstić information content (AvgIpc) is 3.28. The Morgan fingerprint density at radius 1 is 0.478 bits per heavy atom. The molecule has 0 saturated heterocycles. The molecule has 0 amide bonds. The number of phosphoric acid groups is 3. The van der Waals surface area contributed by atoms with E-state index in [9.17, 15) is 63.1 Å². The van der Waals surface area contributed by atoms with Crippen LogP contribution in [0.25, 0.3) is 0 Å². The summed E-state index contributed by atoms with van der Waals surface area (Å²) in [5.74, 6) is -1.34. The van der Waals surface area contributed by atoms with Crippen LogP contribution < -0.4 is 0 Å². The first kappa shape index (κ1) is 64.9. The van der Waals surface area contributed by atoms with Crippen LogP contribution in [0, 0.1) is 0 Å². The van der Waals surface area contributed by atoms with Crippen molar-refractivity contribution in [3.05, 3.63) is 60.8 Å². The highest BCUT2D eigenvalue weighted by Crippen LogP contribution is 2.51. The summed E-state index contributed by atoms with van der Waals surface area (Å²) >= 11 is 0. The van der Waals surface area contributed by atoms with E-state index in [4.69, 9.17) is 18.5 Å². The Kier molecular flexibility index (Phi) is 36.2. The third kappa shape index (κ3) is 34.8. The highest BCUT2D eigenvalue weighted by molar-refractivity contribution is 7.47. The van der Waals surface area contributed by atoms with E-state index in [1.807, 2.05) is 0 Å². The maximum absolute atomic E-state index is 13.1. The number of unbranched alkanes of at least 4 members (excludes halogenated alkanes) is 15. The number of hydrogen-bond acceptors (Lipinski definition) is 14. The minimum Gasteiger partial charge on any atom is -0.462 e. The average molecular weight is 1050 g/mol. The molecule has 5 unspecified atom stereocenters. The van der Waals surface area contributed by atoms with Crippen molar-refractivity contribution in [2.75, 3.05) is 13.2 Å². The number of carbonyl (C=O) groups is 2. The van der Waals surface area contributed by atoms with Gasteiger partial charge < -0.3 is 49.3 Å². The summed E-state index contributed by atoms with van der Waals surface area (Å²) in [6.45, 7) is 2.80. The molecule has 1 fully saturated rings. The number of esters is 2. The van der Waals surface area contributed by atoms with Crippen molar-refractivity contribution in [3.8, 4) is 0 Å². The van der Waals surface area contributed by atoms with E-state index >= 15 is 0 Å². The molecule has 19 nitrogen and oxygen atoms in total. The highest BCUT2D eigenvalue weighted by Gasteiger charge is 2.56. The van der Waals surface area contributed by atoms with Crippen molar-refractivity contribution < 1.29 is 90.6 Å². The van der Waals surface area contributed by atoms with Crippen molar-refractivity contribution in [2.45, 2.75) is 211 Å². The maximum Gasteiger partial charge on any atom is 0.472 e. The molecule has 0 heterocycles. The highest BCUT2D eigenvalue weighted by atomic mass is 31.2. The van der Waals surface area contributed by atoms with E-state index in [1.54, 1.807) is 0 Å². The number of ether oxygens (including phenoxy) is 2. The van der Waals surface area contributed by atoms with E-state index < -0.39 is 91.3 Å². The molecule has 8 N–H and O–H groups in total. The van der Waals surface area contributed by atoms with Crippen LogP contribution in [-0.4, -0.2) is 108 Å². The lowest BCUT2D eigenvalue weighted by Gasteiger charge is -2.44. The summed E-state index contributed by atoms with van der Waals surface area (Å²) in [5.41, 5.74) is 0. The minimum atomic E-state index is -5.61. The molecule has 0 radical (unpaired) electrons. The predicted octanol–water partition coefficient (Wildman–Crippen LogP) is 9.18. The fraction of sp³-hybridized carbons (Fsp3) is 0.745. The van der Waals surface area contributed by atoms with Crippen molar-refractivity contribution >= 4 is 35.4 Å². The quantitative estimate of drug-likeness (QED) is 0.0122. The topological polar surface area (TPSA) is 303 Å². The molecule has 0 bridgehead atoms. The zero-order chi connectivity index (χ0) is 51.4. The van der Waals surface area contributed by atoms with Crippen molar-refractivity contribution in [1.29, 1.82) is 0 Å². The maximum atomic E-state index is 13.1. The van der Waals surface area contributed by atoms with Gasteiger partial charge in [-0.2, -0.15) is 0 Å². The molecule has 400 valence electrons. The Morgan fingerprint density at radius 3 is 1.38 bits per heavy atom. The summed E-state index contributed by atoms with van der Waals surface area (Å²) in [5, 5.41) is 31.9. The van der Waals surface area contributed by atoms with E-state index in [0.29, 0.717) is 19.3 Å². The molecule has 0 aromatic carbocycles. The molecule has 8 atom stereocenters. The van der Waals surface area contributed by atoms with Gasteiger partial charge in [0.2, 0.25) is 0 Å². The summed E-state index contributed by atoms with van der Waals surface area (Å²) in [6.07, 6.45) is 26.6.